The molecule has 0 saturated heterocycles. The lowest BCUT2D eigenvalue weighted by molar-refractivity contribution is -0.115. The number of anilines is 1. The van der Waals surface area contributed by atoms with Gasteiger partial charge in [0.15, 0.2) is 0 Å². The summed E-state index contributed by atoms with van der Waals surface area (Å²) in [5.74, 6) is -1.36. The molecule has 1 aromatic rings. The normalized spacial score (nSPS) is 11.2. The number of hydrogen-bond acceptors (Lipinski definition) is 3. The van der Waals surface area contributed by atoms with E-state index in [4.69, 9.17) is 5.11 Å². The molecule has 1 rings (SSSR count). The highest BCUT2D eigenvalue weighted by molar-refractivity contribution is 9.10. The first-order valence-corrected chi connectivity index (χ1v) is 6.56. The van der Waals surface area contributed by atoms with E-state index in [0.29, 0.717) is 4.47 Å². The second kappa shape index (κ2) is 6.16. The van der Waals surface area contributed by atoms with Crippen LogP contribution in [0, 0.1) is 0 Å². The average molecular weight is 329 g/mol. The Bertz CT molecular complexity index is 495. The fourth-order valence-electron chi connectivity index (χ4n) is 1.34. The molecule has 3 N–H and O–H groups in total. The lowest BCUT2D eigenvalue weighted by atomic mass is 10.1. The number of benzene rings is 1. The van der Waals surface area contributed by atoms with Crippen molar-refractivity contribution >= 4 is 33.5 Å². The summed E-state index contributed by atoms with van der Waals surface area (Å²) in [6.07, 6.45) is 0. The van der Waals surface area contributed by atoms with Crippen LogP contribution in [0.25, 0.3) is 0 Å². The van der Waals surface area contributed by atoms with Crippen LogP contribution >= 0.6 is 15.9 Å². The molecule has 0 aliphatic heterocycles. The molecule has 19 heavy (non-hydrogen) atoms. The molecule has 0 radical (unpaired) electrons. The lowest BCUT2D eigenvalue weighted by Crippen LogP contribution is -2.41. The molecule has 0 aromatic heterocycles. The summed E-state index contributed by atoms with van der Waals surface area (Å²) >= 11 is 3.20. The summed E-state index contributed by atoms with van der Waals surface area (Å²) in [6, 6.07) is 4.69. The van der Waals surface area contributed by atoms with Crippen LogP contribution in [0.1, 0.15) is 31.1 Å². The third kappa shape index (κ3) is 5.40. The van der Waals surface area contributed by atoms with Crippen LogP contribution in [0.2, 0.25) is 0 Å². The summed E-state index contributed by atoms with van der Waals surface area (Å²) in [5, 5.41) is 14.7. The van der Waals surface area contributed by atoms with E-state index in [2.05, 4.69) is 26.6 Å². The summed E-state index contributed by atoms with van der Waals surface area (Å²) < 4.78 is 0.649. The minimum atomic E-state index is -1.08. The molecule has 0 bridgehead atoms. The van der Waals surface area contributed by atoms with E-state index in [9.17, 15) is 9.59 Å². The van der Waals surface area contributed by atoms with Crippen LogP contribution in [0.5, 0.6) is 0 Å². The second-order valence-electron chi connectivity index (χ2n) is 5.15. The zero-order valence-corrected chi connectivity index (χ0v) is 12.7. The third-order valence-electron chi connectivity index (χ3n) is 2.27. The van der Waals surface area contributed by atoms with Crippen LogP contribution in [-0.2, 0) is 4.79 Å². The van der Waals surface area contributed by atoms with Crippen molar-refractivity contribution < 1.29 is 14.7 Å². The van der Waals surface area contributed by atoms with Gasteiger partial charge in [-0.3, -0.25) is 4.79 Å². The Morgan fingerprint density at radius 1 is 1.32 bits per heavy atom. The molecular weight excluding hydrogens is 312 g/mol. The predicted molar refractivity (Wildman–Crippen MR) is 77.5 cm³/mol. The van der Waals surface area contributed by atoms with Gasteiger partial charge in [0.25, 0.3) is 0 Å². The Morgan fingerprint density at radius 2 is 1.95 bits per heavy atom. The first-order valence-electron chi connectivity index (χ1n) is 5.77. The van der Waals surface area contributed by atoms with E-state index >= 15 is 0 Å². The molecule has 0 aliphatic carbocycles. The highest BCUT2D eigenvalue weighted by Crippen LogP contribution is 2.21. The predicted octanol–water partition coefficient (Wildman–Crippen LogP) is 2.47. The van der Waals surface area contributed by atoms with Crippen molar-refractivity contribution in [1.82, 2.24) is 5.32 Å². The van der Waals surface area contributed by atoms with E-state index in [1.807, 2.05) is 20.8 Å². The van der Waals surface area contributed by atoms with Gasteiger partial charge in [-0.05, 0) is 39.0 Å². The molecule has 0 unspecified atom stereocenters. The first kappa shape index (κ1) is 15.7. The van der Waals surface area contributed by atoms with E-state index in [1.165, 1.54) is 6.07 Å². The zero-order valence-electron chi connectivity index (χ0n) is 11.1. The van der Waals surface area contributed by atoms with Crippen molar-refractivity contribution in [3.05, 3.63) is 28.2 Å². The van der Waals surface area contributed by atoms with Gasteiger partial charge >= 0.3 is 5.97 Å². The molecule has 0 aliphatic rings. The number of carbonyl (C=O) groups excluding carboxylic acids is 1. The van der Waals surface area contributed by atoms with Crippen LogP contribution < -0.4 is 10.6 Å². The first-order chi connectivity index (χ1) is 8.69. The van der Waals surface area contributed by atoms with Crippen molar-refractivity contribution in [3.8, 4) is 0 Å². The largest absolute Gasteiger partial charge is 0.478 e. The molecule has 1 amide bonds. The Morgan fingerprint density at radius 3 is 2.47 bits per heavy atom. The number of carboxylic acids is 1. The zero-order chi connectivity index (χ0) is 14.6. The second-order valence-corrected chi connectivity index (χ2v) is 6.06. The maximum atomic E-state index is 11.7. The van der Waals surface area contributed by atoms with Gasteiger partial charge in [0, 0.05) is 10.0 Å². The number of hydrogen-bond donors (Lipinski definition) is 3. The molecule has 0 fully saturated rings. The molecule has 5 nitrogen and oxygen atoms in total. The standard InChI is InChI=1S/C13H17BrN2O3/c1-13(2,3)15-7-11(17)16-10-5-4-8(14)6-9(10)12(18)19/h4-6,15H,7H2,1-3H3,(H,16,17)(H,18,19). The Hall–Kier alpha value is -1.40. The number of rotatable bonds is 4. The van der Waals surface area contributed by atoms with E-state index < -0.39 is 5.97 Å². The minimum absolute atomic E-state index is 0.0542. The molecule has 0 atom stereocenters. The number of aromatic carboxylic acids is 1. The maximum absolute atomic E-state index is 11.7. The van der Waals surface area contributed by atoms with Crippen molar-refractivity contribution in [1.29, 1.82) is 0 Å². The Labute approximate surface area is 120 Å². The third-order valence-corrected chi connectivity index (χ3v) is 2.76. The summed E-state index contributed by atoms with van der Waals surface area (Å²) in [4.78, 5) is 22.8. The van der Waals surface area contributed by atoms with Gasteiger partial charge in [-0.1, -0.05) is 15.9 Å². The Balaban J connectivity index is 2.77. The van der Waals surface area contributed by atoms with Crippen LogP contribution in [0.3, 0.4) is 0 Å². The molecule has 104 valence electrons. The van der Waals surface area contributed by atoms with Crippen LogP contribution in [0.4, 0.5) is 5.69 Å². The maximum Gasteiger partial charge on any atom is 0.337 e. The van der Waals surface area contributed by atoms with Crippen molar-refractivity contribution in [3.63, 3.8) is 0 Å². The van der Waals surface area contributed by atoms with E-state index in [-0.39, 0.29) is 29.2 Å². The van der Waals surface area contributed by atoms with Gasteiger partial charge in [-0.2, -0.15) is 0 Å². The Kier molecular flexibility index (Phi) is 5.08. The van der Waals surface area contributed by atoms with Crippen LogP contribution in [0.15, 0.2) is 22.7 Å². The van der Waals surface area contributed by atoms with E-state index in [0.717, 1.165) is 0 Å². The van der Waals surface area contributed by atoms with Gasteiger partial charge in [-0.25, -0.2) is 4.79 Å². The SMILES string of the molecule is CC(C)(C)NCC(=O)Nc1ccc(Br)cc1C(=O)O. The molecule has 1 aromatic carbocycles. The van der Waals surface area contributed by atoms with Gasteiger partial charge in [-0.15, -0.1) is 0 Å². The highest BCUT2D eigenvalue weighted by Gasteiger charge is 2.15. The molecule has 6 heteroatoms. The quantitative estimate of drug-likeness (QED) is 0.793. The van der Waals surface area contributed by atoms with E-state index in [1.54, 1.807) is 12.1 Å². The van der Waals surface area contributed by atoms with Gasteiger partial charge in [0.1, 0.15) is 0 Å². The van der Waals surface area contributed by atoms with Crippen molar-refractivity contribution in [2.75, 3.05) is 11.9 Å². The summed E-state index contributed by atoms with van der Waals surface area (Å²) in [6.45, 7) is 5.96. The van der Waals surface area contributed by atoms with Crippen LogP contribution in [-0.4, -0.2) is 29.1 Å². The topological polar surface area (TPSA) is 78.4 Å². The number of nitrogens with one attached hydrogen (secondary N) is 2. The monoisotopic (exact) mass is 328 g/mol. The summed E-state index contributed by atoms with van der Waals surface area (Å²) in [7, 11) is 0. The molecule has 0 spiro atoms. The number of carboxylic acid groups (broad SMARTS) is 1. The number of halogens is 1. The molecular formula is C13H17BrN2O3. The van der Waals surface area contributed by atoms with Gasteiger partial charge in [0.2, 0.25) is 5.91 Å². The van der Waals surface area contributed by atoms with Crippen molar-refractivity contribution in [2.45, 2.75) is 26.3 Å². The number of carbonyl (C=O) groups is 2. The van der Waals surface area contributed by atoms with Crippen molar-refractivity contribution in [2.24, 2.45) is 0 Å². The van der Waals surface area contributed by atoms with Gasteiger partial charge in [0.05, 0.1) is 17.8 Å². The molecule has 0 saturated carbocycles. The fraction of sp³-hybridized carbons (Fsp3) is 0.385. The molecule has 0 heterocycles. The van der Waals surface area contributed by atoms with Gasteiger partial charge < -0.3 is 15.7 Å². The average Bonchev–Trinajstić information content (AvgIpc) is 2.28. The lowest BCUT2D eigenvalue weighted by Gasteiger charge is -2.20. The smallest absolute Gasteiger partial charge is 0.337 e. The summed E-state index contributed by atoms with van der Waals surface area (Å²) in [5.41, 5.74) is 0.169. The fourth-order valence-corrected chi connectivity index (χ4v) is 1.70. The minimum Gasteiger partial charge on any atom is -0.478 e. The highest BCUT2D eigenvalue weighted by atomic mass is 79.9. The number of amides is 1.